The number of methoxy groups -OCH3 is 1. The van der Waals surface area contributed by atoms with Crippen molar-refractivity contribution in [3.63, 3.8) is 0 Å². The van der Waals surface area contributed by atoms with E-state index < -0.39 is 0 Å². The van der Waals surface area contributed by atoms with E-state index in [1.807, 2.05) is 18.2 Å². The van der Waals surface area contributed by atoms with E-state index in [1.54, 1.807) is 7.11 Å². The molecule has 3 nitrogen and oxygen atoms in total. The van der Waals surface area contributed by atoms with Gasteiger partial charge in [0.1, 0.15) is 11.5 Å². The second-order valence-corrected chi connectivity index (χ2v) is 4.41. The summed E-state index contributed by atoms with van der Waals surface area (Å²) in [5.74, 6) is 2.17. The van der Waals surface area contributed by atoms with E-state index >= 15 is 0 Å². The van der Waals surface area contributed by atoms with Crippen LogP contribution in [0.1, 0.15) is 30.7 Å². The first kappa shape index (κ1) is 9.70. The van der Waals surface area contributed by atoms with Crippen molar-refractivity contribution in [3.05, 3.63) is 23.8 Å². The average Bonchev–Trinajstić information content (AvgIpc) is 2.68. The van der Waals surface area contributed by atoms with Gasteiger partial charge in [0.15, 0.2) is 11.9 Å². The smallest absolute Gasteiger partial charge is 0.173 e. The first-order chi connectivity index (χ1) is 7.79. The lowest BCUT2D eigenvalue weighted by molar-refractivity contribution is -0.127. The van der Waals surface area contributed by atoms with Crippen LogP contribution in [-0.4, -0.2) is 19.0 Å². The Hall–Kier alpha value is -1.51. The van der Waals surface area contributed by atoms with Crippen LogP contribution < -0.4 is 9.47 Å². The highest BCUT2D eigenvalue weighted by atomic mass is 16.5. The summed E-state index contributed by atoms with van der Waals surface area (Å²) < 4.78 is 10.9. The van der Waals surface area contributed by atoms with Crippen LogP contribution >= 0.6 is 0 Å². The Morgan fingerprint density at radius 3 is 3.12 bits per heavy atom. The van der Waals surface area contributed by atoms with E-state index in [4.69, 9.17) is 9.47 Å². The third kappa shape index (κ3) is 1.31. The molecule has 1 fully saturated rings. The van der Waals surface area contributed by atoms with Crippen molar-refractivity contribution < 1.29 is 14.3 Å². The fraction of sp³-hybridized carbons (Fsp3) is 0.462. The van der Waals surface area contributed by atoms with Crippen LogP contribution in [0.3, 0.4) is 0 Å². The Morgan fingerprint density at radius 1 is 1.44 bits per heavy atom. The SMILES string of the molecule is COc1ccc2c(c1)C1CCCC(=O)C1O2. The maximum atomic E-state index is 11.7. The minimum absolute atomic E-state index is 0.240. The van der Waals surface area contributed by atoms with Crippen LogP contribution in [0.2, 0.25) is 0 Å². The quantitative estimate of drug-likeness (QED) is 0.725. The topological polar surface area (TPSA) is 35.5 Å². The van der Waals surface area contributed by atoms with Crippen LogP contribution in [0.15, 0.2) is 18.2 Å². The monoisotopic (exact) mass is 218 g/mol. The third-order valence-electron chi connectivity index (χ3n) is 3.49. The summed E-state index contributed by atoms with van der Waals surface area (Å²) in [4.78, 5) is 11.7. The number of Topliss-reactive ketones (excluding diaryl/α,β-unsaturated/α-hetero) is 1. The summed E-state index contributed by atoms with van der Waals surface area (Å²) in [6, 6.07) is 5.78. The van der Waals surface area contributed by atoms with E-state index in [1.165, 1.54) is 0 Å². The number of benzene rings is 1. The van der Waals surface area contributed by atoms with E-state index in [0.717, 1.165) is 29.9 Å². The molecule has 0 amide bonds. The molecule has 1 aliphatic carbocycles. The van der Waals surface area contributed by atoms with E-state index in [9.17, 15) is 4.79 Å². The maximum Gasteiger partial charge on any atom is 0.173 e. The summed E-state index contributed by atoms with van der Waals surface area (Å²) in [6.07, 6.45) is 2.43. The second-order valence-electron chi connectivity index (χ2n) is 4.41. The van der Waals surface area contributed by atoms with Crippen molar-refractivity contribution in [2.24, 2.45) is 0 Å². The van der Waals surface area contributed by atoms with Gasteiger partial charge < -0.3 is 9.47 Å². The van der Waals surface area contributed by atoms with E-state index in [2.05, 4.69) is 0 Å². The zero-order valence-electron chi connectivity index (χ0n) is 9.23. The van der Waals surface area contributed by atoms with E-state index in [-0.39, 0.29) is 17.8 Å². The molecule has 1 aliphatic heterocycles. The van der Waals surface area contributed by atoms with Crippen LogP contribution in [0, 0.1) is 0 Å². The molecule has 0 aromatic heterocycles. The zero-order chi connectivity index (χ0) is 11.1. The summed E-state index contributed by atoms with van der Waals surface area (Å²) in [5, 5.41) is 0. The fourth-order valence-electron chi connectivity index (χ4n) is 2.67. The number of carbonyl (C=O) groups excluding carboxylic acids is 1. The van der Waals surface area contributed by atoms with Gasteiger partial charge in [-0.05, 0) is 31.0 Å². The Kier molecular flexibility index (Phi) is 2.13. The third-order valence-corrected chi connectivity index (χ3v) is 3.49. The van der Waals surface area contributed by atoms with Gasteiger partial charge in [-0.25, -0.2) is 0 Å². The number of fused-ring (bicyclic) bond motifs is 3. The van der Waals surface area contributed by atoms with Gasteiger partial charge in [0.05, 0.1) is 7.11 Å². The van der Waals surface area contributed by atoms with Gasteiger partial charge in [0.25, 0.3) is 0 Å². The molecule has 1 aromatic rings. The Morgan fingerprint density at radius 2 is 2.31 bits per heavy atom. The highest BCUT2D eigenvalue weighted by molar-refractivity contribution is 5.86. The molecule has 2 unspecified atom stereocenters. The van der Waals surface area contributed by atoms with Gasteiger partial charge in [-0.3, -0.25) is 4.79 Å². The Balaban J connectivity index is 2.01. The van der Waals surface area contributed by atoms with E-state index in [0.29, 0.717) is 6.42 Å². The molecule has 1 aromatic carbocycles. The first-order valence-corrected chi connectivity index (χ1v) is 5.67. The predicted molar refractivity (Wildman–Crippen MR) is 59.0 cm³/mol. The molecule has 0 saturated heterocycles. The molecule has 3 heteroatoms. The Labute approximate surface area is 94.4 Å². The normalized spacial score (nSPS) is 26.9. The van der Waals surface area contributed by atoms with Crippen LogP contribution in [-0.2, 0) is 4.79 Å². The lowest BCUT2D eigenvalue weighted by Gasteiger charge is -2.22. The lowest BCUT2D eigenvalue weighted by atomic mass is 9.82. The molecule has 2 atom stereocenters. The molecule has 0 N–H and O–H groups in total. The molecule has 16 heavy (non-hydrogen) atoms. The van der Waals surface area contributed by atoms with Gasteiger partial charge in [0, 0.05) is 17.9 Å². The summed E-state index contributed by atoms with van der Waals surface area (Å²) >= 11 is 0. The van der Waals surface area contributed by atoms with Crippen molar-refractivity contribution in [2.75, 3.05) is 7.11 Å². The van der Waals surface area contributed by atoms with Gasteiger partial charge in [-0.2, -0.15) is 0 Å². The highest BCUT2D eigenvalue weighted by Crippen LogP contribution is 2.45. The largest absolute Gasteiger partial charge is 0.497 e. The number of ether oxygens (including phenoxy) is 2. The predicted octanol–water partition coefficient (Wildman–Crippen LogP) is 2.29. The number of hydrogen-bond donors (Lipinski definition) is 0. The zero-order valence-corrected chi connectivity index (χ0v) is 9.23. The number of ketones is 1. The van der Waals surface area contributed by atoms with Crippen LogP contribution in [0.25, 0.3) is 0 Å². The number of carbonyl (C=O) groups is 1. The molecule has 0 spiro atoms. The fourth-order valence-corrected chi connectivity index (χ4v) is 2.67. The molecule has 1 saturated carbocycles. The summed E-state index contributed by atoms with van der Waals surface area (Å²) in [7, 11) is 1.65. The van der Waals surface area contributed by atoms with Crippen molar-refractivity contribution in [1.82, 2.24) is 0 Å². The minimum atomic E-state index is -0.240. The number of rotatable bonds is 1. The lowest BCUT2D eigenvalue weighted by Crippen LogP contribution is -2.32. The highest BCUT2D eigenvalue weighted by Gasteiger charge is 2.41. The summed E-state index contributed by atoms with van der Waals surface area (Å²) in [5.41, 5.74) is 1.14. The maximum absolute atomic E-state index is 11.7. The molecule has 0 radical (unpaired) electrons. The van der Waals surface area contributed by atoms with Crippen molar-refractivity contribution in [2.45, 2.75) is 31.3 Å². The Bertz CT molecular complexity index is 439. The summed E-state index contributed by atoms with van der Waals surface area (Å²) in [6.45, 7) is 0. The molecule has 1 heterocycles. The molecule has 2 aliphatic rings. The van der Waals surface area contributed by atoms with Gasteiger partial charge in [-0.15, -0.1) is 0 Å². The first-order valence-electron chi connectivity index (χ1n) is 5.67. The molecule has 0 bridgehead atoms. The molecule has 84 valence electrons. The number of hydrogen-bond acceptors (Lipinski definition) is 3. The standard InChI is InChI=1S/C13H14O3/c1-15-8-5-6-12-10(7-8)9-3-2-4-11(14)13(9)16-12/h5-7,9,13H,2-4H2,1H3. The van der Waals surface area contributed by atoms with Gasteiger partial charge >= 0.3 is 0 Å². The van der Waals surface area contributed by atoms with Crippen LogP contribution in [0.5, 0.6) is 11.5 Å². The molecular weight excluding hydrogens is 204 g/mol. The van der Waals surface area contributed by atoms with Crippen molar-refractivity contribution in [3.8, 4) is 11.5 Å². The van der Waals surface area contributed by atoms with Crippen LogP contribution in [0.4, 0.5) is 0 Å². The second kappa shape index (κ2) is 3.51. The van der Waals surface area contributed by atoms with Gasteiger partial charge in [-0.1, -0.05) is 0 Å². The van der Waals surface area contributed by atoms with Crippen molar-refractivity contribution in [1.29, 1.82) is 0 Å². The van der Waals surface area contributed by atoms with Crippen molar-refractivity contribution >= 4 is 5.78 Å². The minimum Gasteiger partial charge on any atom is -0.497 e. The molecule has 3 rings (SSSR count). The molecular formula is C13H14O3. The average molecular weight is 218 g/mol. The van der Waals surface area contributed by atoms with Gasteiger partial charge in [0.2, 0.25) is 0 Å².